The summed E-state index contributed by atoms with van der Waals surface area (Å²) in [5.74, 6) is 0.258. The first-order valence-electron chi connectivity index (χ1n) is 10.5. The largest absolute Gasteiger partial charge is 0.493 e. The van der Waals surface area contributed by atoms with Crippen LogP contribution in [0.3, 0.4) is 0 Å². The molecule has 0 bridgehead atoms. The van der Waals surface area contributed by atoms with Crippen molar-refractivity contribution in [3.8, 4) is 34.4 Å². The summed E-state index contributed by atoms with van der Waals surface area (Å²) in [5, 5.41) is 3.78. The smallest absolute Gasteiger partial charge is 0.387 e. The van der Waals surface area contributed by atoms with Crippen molar-refractivity contribution in [3.63, 3.8) is 0 Å². The van der Waals surface area contributed by atoms with Crippen LogP contribution in [0.1, 0.15) is 29.1 Å². The highest BCUT2D eigenvalue weighted by Gasteiger charge is 2.18. The van der Waals surface area contributed by atoms with E-state index in [0.29, 0.717) is 35.8 Å². The zero-order chi connectivity index (χ0) is 24.8. The molecule has 0 unspecified atom stereocenters. The molecule has 3 aromatic rings. The maximum Gasteiger partial charge on any atom is 0.387 e. The number of hydrogen-bond donors (Lipinski definition) is 0. The number of benzene rings is 2. The van der Waals surface area contributed by atoms with Gasteiger partial charge in [0.05, 0.1) is 13.5 Å². The molecule has 1 aliphatic rings. The summed E-state index contributed by atoms with van der Waals surface area (Å²) in [6.07, 6.45) is -0.197. The molecule has 10 nitrogen and oxygen atoms in total. The van der Waals surface area contributed by atoms with Gasteiger partial charge in [-0.15, -0.1) is 0 Å². The molecule has 12 heteroatoms. The number of Topliss-reactive ketones (excluding diaryl/α,β-unsaturated/α-hetero) is 1. The molecule has 1 aromatic heterocycles. The van der Waals surface area contributed by atoms with Gasteiger partial charge in [0.15, 0.2) is 35.4 Å². The van der Waals surface area contributed by atoms with Gasteiger partial charge >= 0.3 is 12.6 Å². The zero-order valence-corrected chi connectivity index (χ0v) is 18.5. The van der Waals surface area contributed by atoms with Crippen molar-refractivity contribution in [3.05, 3.63) is 47.9 Å². The highest BCUT2D eigenvalue weighted by Crippen LogP contribution is 2.33. The molecule has 0 fully saturated rings. The number of aromatic nitrogens is 2. The molecule has 0 radical (unpaired) electrons. The molecule has 2 aromatic carbocycles. The summed E-state index contributed by atoms with van der Waals surface area (Å²) in [4.78, 5) is 28.6. The van der Waals surface area contributed by atoms with Gasteiger partial charge in [0.25, 0.3) is 5.89 Å². The Morgan fingerprint density at radius 2 is 1.83 bits per heavy atom. The zero-order valence-electron chi connectivity index (χ0n) is 18.5. The van der Waals surface area contributed by atoms with Gasteiger partial charge in [-0.25, -0.2) is 0 Å². The van der Waals surface area contributed by atoms with Crippen LogP contribution in [0.4, 0.5) is 8.78 Å². The molecule has 4 rings (SSSR count). The third kappa shape index (κ3) is 6.02. The van der Waals surface area contributed by atoms with Gasteiger partial charge < -0.3 is 28.2 Å². The summed E-state index contributed by atoms with van der Waals surface area (Å²) in [7, 11) is 1.30. The molecule has 0 aliphatic carbocycles. The second-order valence-electron chi connectivity index (χ2n) is 7.20. The van der Waals surface area contributed by atoms with E-state index in [4.69, 9.17) is 23.5 Å². The molecule has 0 spiro atoms. The van der Waals surface area contributed by atoms with E-state index in [-0.39, 0.29) is 48.4 Å². The van der Waals surface area contributed by atoms with Crippen LogP contribution in [0.25, 0.3) is 11.4 Å². The van der Waals surface area contributed by atoms with E-state index in [1.807, 2.05) is 0 Å². The fourth-order valence-corrected chi connectivity index (χ4v) is 3.22. The van der Waals surface area contributed by atoms with Gasteiger partial charge in [0.2, 0.25) is 5.82 Å². The average Bonchev–Trinajstić information content (AvgIpc) is 3.34. The third-order valence-electron chi connectivity index (χ3n) is 4.88. The Hall–Kier alpha value is -4.22. The summed E-state index contributed by atoms with van der Waals surface area (Å²) in [6.45, 7) is -2.45. The SMILES string of the molecule is COc1cc(-c2noc(COC(=O)CCC(=O)c3ccc4c(c3)OCCO4)n2)ccc1OC(F)F. The number of nitrogens with zero attached hydrogens (tertiary/aromatic N) is 2. The Morgan fingerprint density at radius 3 is 2.60 bits per heavy atom. The van der Waals surface area contributed by atoms with Crippen molar-refractivity contribution in [2.45, 2.75) is 26.1 Å². The number of halogens is 2. The standard InChI is InChI=1S/C23H20F2N2O8/c1-30-18-11-14(3-6-17(18)34-23(24)25)22-26-20(35-27-22)12-33-21(29)7-4-15(28)13-2-5-16-19(10-13)32-9-8-31-16/h2-3,5-6,10-11,23H,4,7-9,12H2,1H3. The summed E-state index contributed by atoms with van der Waals surface area (Å²) >= 11 is 0. The molecule has 0 saturated carbocycles. The molecule has 0 amide bonds. The van der Waals surface area contributed by atoms with Crippen LogP contribution in [-0.2, 0) is 16.1 Å². The molecular formula is C23H20F2N2O8. The molecule has 2 heterocycles. The van der Waals surface area contributed by atoms with Crippen molar-refractivity contribution in [2.24, 2.45) is 0 Å². The number of hydrogen-bond acceptors (Lipinski definition) is 10. The van der Waals surface area contributed by atoms with Crippen molar-refractivity contribution < 1.29 is 46.6 Å². The number of carbonyl (C=O) groups is 2. The molecule has 0 atom stereocenters. The van der Waals surface area contributed by atoms with Crippen molar-refractivity contribution in [1.82, 2.24) is 10.1 Å². The molecule has 184 valence electrons. The Bertz CT molecular complexity index is 1210. The molecule has 0 saturated heterocycles. The van der Waals surface area contributed by atoms with Crippen LogP contribution in [0.5, 0.6) is 23.0 Å². The topological polar surface area (TPSA) is 119 Å². The predicted molar refractivity (Wildman–Crippen MR) is 114 cm³/mol. The summed E-state index contributed by atoms with van der Waals surface area (Å²) in [6, 6.07) is 9.00. The lowest BCUT2D eigenvalue weighted by Crippen LogP contribution is -2.16. The number of alkyl halides is 2. The predicted octanol–water partition coefficient (Wildman–Crippen LogP) is 3.82. The summed E-state index contributed by atoms with van der Waals surface area (Å²) in [5.41, 5.74) is 0.818. The van der Waals surface area contributed by atoms with E-state index in [2.05, 4.69) is 14.9 Å². The van der Waals surface area contributed by atoms with E-state index >= 15 is 0 Å². The minimum absolute atomic E-state index is 0.0124. The monoisotopic (exact) mass is 490 g/mol. The van der Waals surface area contributed by atoms with Crippen LogP contribution in [0.2, 0.25) is 0 Å². The fraction of sp³-hybridized carbons (Fsp3) is 0.304. The van der Waals surface area contributed by atoms with Gasteiger partial charge in [0.1, 0.15) is 13.2 Å². The fourth-order valence-electron chi connectivity index (χ4n) is 3.22. The van der Waals surface area contributed by atoms with Crippen LogP contribution < -0.4 is 18.9 Å². The van der Waals surface area contributed by atoms with Crippen molar-refractivity contribution >= 4 is 11.8 Å². The number of fused-ring (bicyclic) bond motifs is 1. The maximum absolute atomic E-state index is 12.5. The van der Waals surface area contributed by atoms with E-state index in [1.54, 1.807) is 18.2 Å². The lowest BCUT2D eigenvalue weighted by atomic mass is 10.1. The molecular weight excluding hydrogens is 470 g/mol. The minimum Gasteiger partial charge on any atom is -0.493 e. The first-order chi connectivity index (χ1) is 16.9. The van der Waals surface area contributed by atoms with Crippen LogP contribution in [0.15, 0.2) is 40.9 Å². The number of methoxy groups -OCH3 is 1. The Morgan fingerprint density at radius 1 is 1.03 bits per heavy atom. The third-order valence-corrected chi connectivity index (χ3v) is 4.88. The highest BCUT2D eigenvalue weighted by atomic mass is 19.3. The van der Waals surface area contributed by atoms with Crippen molar-refractivity contribution in [2.75, 3.05) is 20.3 Å². The average molecular weight is 490 g/mol. The Balaban J connectivity index is 1.28. The lowest BCUT2D eigenvalue weighted by molar-refractivity contribution is -0.145. The second-order valence-corrected chi connectivity index (χ2v) is 7.20. The molecule has 1 aliphatic heterocycles. The number of ether oxygens (including phenoxy) is 5. The van der Waals surface area contributed by atoms with Gasteiger partial charge in [0, 0.05) is 17.5 Å². The first-order valence-corrected chi connectivity index (χ1v) is 10.5. The Kier molecular flexibility index (Phi) is 7.38. The second kappa shape index (κ2) is 10.8. The van der Waals surface area contributed by atoms with Gasteiger partial charge in [-0.2, -0.15) is 13.8 Å². The van der Waals surface area contributed by atoms with Gasteiger partial charge in [-0.3, -0.25) is 9.59 Å². The molecule has 35 heavy (non-hydrogen) atoms. The maximum atomic E-state index is 12.5. The number of rotatable bonds is 10. The van der Waals surface area contributed by atoms with Crippen molar-refractivity contribution in [1.29, 1.82) is 0 Å². The first kappa shape index (κ1) is 23.9. The van der Waals surface area contributed by atoms with Crippen LogP contribution >= 0.6 is 0 Å². The molecule has 0 N–H and O–H groups in total. The number of esters is 1. The normalized spacial score (nSPS) is 12.3. The van der Waals surface area contributed by atoms with E-state index in [9.17, 15) is 18.4 Å². The quantitative estimate of drug-likeness (QED) is 0.306. The lowest BCUT2D eigenvalue weighted by Gasteiger charge is -2.18. The van der Waals surface area contributed by atoms with E-state index < -0.39 is 12.6 Å². The number of carbonyl (C=O) groups excluding carboxylic acids is 2. The minimum atomic E-state index is -3.00. The van der Waals surface area contributed by atoms with E-state index in [1.165, 1.54) is 25.3 Å². The van der Waals surface area contributed by atoms with Gasteiger partial charge in [-0.05, 0) is 36.4 Å². The Labute approximate surface area is 197 Å². The van der Waals surface area contributed by atoms with E-state index in [0.717, 1.165) is 0 Å². The van der Waals surface area contributed by atoms with Gasteiger partial charge in [-0.1, -0.05) is 5.16 Å². The van der Waals surface area contributed by atoms with Crippen LogP contribution in [0, 0.1) is 0 Å². The number of ketones is 1. The van der Waals surface area contributed by atoms with Crippen LogP contribution in [-0.4, -0.2) is 48.8 Å². The summed E-state index contributed by atoms with van der Waals surface area (Å²) < 4.78 is 55.4. The highest BCUT2D eigenvalue weighted by molar-refractivity contribution is 5.98.